The van der Waals surface area contributed by atoms with Gasteiger partial charge in [-0.15, -0.1) is 0 Å². The molecular weight excluding hydrogens is 442 g/mol. The number of aromatic nitrogens is 2. The van der Waals surface area contributed by atoms with Crippen molar-refractivity contribution in [1.82, 2.24) is 9.78 Å². The van der Waals surface area contributed by atoms with Crippen molar-refractivity contribution in [3.63, 3.8) is 0 Å². The van der Waals surface area contributed by atoms with E-state index >= 15 is 0 Å². The van der Waals surface area contributed by atoms with Crippen molar-refractivity contribution in [2.75, 3.05) is 33.3 Å². The van der Waals surface area contributed by atoms with Crippen LogP contribution in [0.2, 0.25) is 0 Å². The molecule has 0 aliphatic carbocycles. The molecule has 1 N–H and O–H groups in total. The molecule has 3 rings (SSSR count). The highest BCUT2D eigenvalue weighted by Crippen LogP contribution is 2.40. The van der Waals surface area contributed by atoms with E-state index in [9.17, 15) is 14.4 Å². The van der Waals surface area contributed by atoms with Crippen LogP contribution in [-0.2, 0) is 16.1 Å². The maximum absolute atomic E-state index is 12.7. The second kappa shape index (κ2) is 11.0. The van der Waals surface area contributed by atoms with E-state index in [1.54, 1.807) is 43.3 Å². The molecule has 10 heteroatoms. The summed E-state index contributed by atoms with van der Waals surface area (Å²) in [4.78, 5) is 37.2. The summed E-state index contributed by atoms with van der Waals surface area (Å²) < 4.78 is 22.1. The lowest BCUT2D eigenvalue weighted by atomic mass is 10.1. The van der Waals surface area contributed by atoms with E-state index in [2.05, 4.69) is 10.4 Å². The van der Waals surface area contributed by atoms with Gasteiger partial charge in [0.2, 0.25) is 11.7 Å². The number of hydrogen-bond donors (Lipinski definition) is 1. The number of anilines is 1. The maximum Gasteiger partial charge on any atom is 0.340 e. The Kier molecular flexibility index (Phi) is 7.86. The van der Waals surface area contributed by atoms with Gasteiger partial charge in [0.1, 0.15) is 6.54 Å². The van der Waals surface area contributed by atoms with Gasteiger partial charge in [0.25, 0.3) is 5.56 Å². The number of benzene rings is 2. The summed E-state index contributed by atoms with van der Waals surface area (Å²) in [7, 11) is 4.49. The van der Waals surface area contributed by atoms with Gasteiger partial charge in [-0.05, 0) is 37.3 Å². The van der Waals surface area contributed by atoms with Crippen LogP contribution in [0.4, 0.5) is 5.69 Å². The molecule has 0 aliphatic heterocycles. The van der Waals surface area contributed by atoms with Gasteiger partial charge in [0, 0.05) is 11.6 Å². The fraction of sp³-hybridized carbons (Fsp3) is 0.250. The van der Waals surface area contributed by atoms with Crippen molar-refractivity contribution in [3.05, 3.63) is 64.4 Å². The Bertz CT molecular complexity index is 1230. The molecule has 1 amide bonds. The summed E-state index contributed by atoms with van der Waals surface area (Å²) in [5.41, 5.74) is 1.03. The minimum Gasteiger partial charge on any atom is -0.493 e. The quantitative estimate of drug-likeness (QED) is 0.478. The van der Waals surface area contributed by atoms with Gasteiger partial charge in [-0.25, -0.2) is 9.48 Å². The third kappa shape index (κ3) is 5.34. The van der Waals surface area contributed by atoms with Gasteiger partial charge >= 0.3 is 5.97 Å². The summed E-state index contributed by atoms with van der Waals surface area (Å²) in [5.74, 6) is 0.169. The van der Waals surface area contributed by atoms with Crippen molar-refractivity contribution < 1.29 is 28.5 Å². The van der Waals surface area contributed by atoms with Crippen LogP contribution in [0.15, 0.2) is 53.3 Å². The molecule has 0 saturated heterocycles. The number of para-hydroxylation sites is 1. The lowest BCUT2D eigenvalue weighted by Crippen LogP contribution is -2.29. The van der Waals surface area contributed by atoms with Crippen molar-refractivity contribution in [1.29, 1.82) is 0 Å². The van der Waals surface area contributed by atoms with Crippen molar-refractivity contribution in [2.45, 2.75) is 13.5 Å². The van der Waals surface area contributed by atoms with Crippen LogP contribution in [0, 0.1) is 0 Å². The number of amides is 1. The second-order valence-electron chi connectivity index (χ2n) is 6.94. The summed E-state index contributed by atoms with van der Waals surface area (Å²) >= 11 is 0. The molecule has 10 nitrogen and oxygen atoms in total. The minimum atomic E-state index is -0.557. The minimum absolute atomic E-state index is 0.203. The number of nitrogens with one attached hydrogen (secondary N) is 1. The first-order valence-corrected chi connectivity index (χ1v) is 10.4. The predicted octanol–water partition coefficient (Wildman–Crippen LogP) is 2.75. The Morgan fingerprint density at radius 1 is 0.971 bits per heavy atom. The molecule has 1 aromatic heterocycles. The van der Waals surface area contributed by atoms with Gasteiger partial charge < -0.3 is 24.3 Å². The fourth-order valence-electron chi connectivity index (χ4n) is 3.25. The third-order valence-corrected chi connectivity index (χ3v) is 4.82. The highest BCUT2D eigenvalue weighted by Gasteiger charge is 2.17. The molecule has 0 atom stereocenters. The molecule has 3 aromatic rings. The first kappa shape index (κ1) is 24.3. The predicted molar refractivity (Wildman–Crippen MR) is 125 cm³/mol. The standard InChI is InChI=1S/C24H25N3O7/c1-5-34-24(30)16-8-6-7-9-18(16)25-21(28)14-27-22(29)11-10-17(26-27)15-12-19(31-2)23(33-4)20(13-15)32-3/h6-13H,5,14H2,1-4H3,(H,25,28). The topological polar surface area (TPSA) is 118 Å². The summed E-state index contributed by atoms with van der Waals surface area (Å²) in [6.45, 7) is 1.53. The molecule has 1 heterocycles. The largest absolute Gasteiger partial charge is 0.493 e. The Morgan fingerprint density at radius 2 is 1.65 bits per heavy atom. The number of carbonyl (C=O) groups is 2. The molecule has 0 aliphatic rings. The molecule has 0 saturated carbocycles. The highest BCUT2D eigenvalue weighted by molar-refractivity contribution is 6.01. The van der Waals surface area contributed by atoms with Crippen LogP contribution in [0.25, 0.3) is 11.3 Å². The average molecular weight is 467 g/mol. The van der Waals surface area contributed by atoms with Crippen LogP contribution in [0.3, 0.4) is 0 Å². The van der Waals surface area contributed by atoms with Gasteiger partial charge in [-0.2, -0.15) is 5.10 Å². The van der Waals surface area contributed by atoms with Crippen LogP contribution < -0.4 is 25.1 Å². The van der Waals surface area contributed by atoms with E-state index in [4.69, 9.17) is 18.9 Å². The van der Waals surface area contributed by atoms with E-state index in [1.165, 1.54) is 33.5 Å². The molecule has 0 fully saturated rings. The Hall–Kier alpha value is -4.34. The van der Waals surface area contributed by atoms with E-state index < -0.39 is 17.4 Å². The van der Waals surface area contributed by atoms with Crippen LogP contribution in [0.1, 0.15) is 17.3 Å². The molecule has 0 bridgehead atoms. The monoisotopic (exact) mass is 467 g/mol. The fourth-order valence-corrected chi connectivity index (χ4v) is 3.25. The number of rotatable bonds is 9. The Morgan fingerprint density at radius 3 is 2.26 bits per heavy atom. The molecule has 0 radical (unpaired) electrons. The average Bonchev–Trinajstić information content (AvgIpc) is 2.84. The first-order valence-electron chi connectivity index (χ1n) is 10.4. The number of methoxy groups -OCH3 is 3. The SMILES string of the molecule is CCOC(=O)c1ccccc1NC(=O)Cn1nc(-c2cc(OC)c(OC)c(OC)c2)ccc1=O. The Labute approximate surface area is 196 Å². The van der Waals surface area contributed by atoms with Crippen LogP contribution >= 0.6 is 0 Å². The molecule has 0 spiro atoms. The van der Waals surface area contributed by atoms with Gasteiger partial charge in [-0.3, -0.25) is 9.59 Å². The summed E-state index contributed by atoms with van der Waals surface area (Å²) in [6, 6.07) is 12.7. The number of nitrogens with zero attached hydrogens (tertiary/aromatic N) is 2. The first-order chi connectivity index (χ1) is 16.4. The number of ether oxygens (including phenoxy) is 4. The Balaban J connectivity index is 1.88. The smallest absolute Gasteiger partial charge is 0.340 e. The van der Waals surface area contributed by atoms with Gasteiger partial charge in [0.15, 0.2) is 11.5 Å². The van der Waals surface area contributed by atoms with Gasteiger partial charge in [-0.1, -0.05) is 12.1 Å². The van der Waals surface area contributed by atoms with E-state index in [-0.39, 0.29) is 24.4 Å². The number of carbonyl (C=O) groups excluding carboxylic acids is 2. The number of hydrogen-bond acceptors (Lipinski definition) is 8. The zero-order chi connectivity index (χ0) is 24.7. The molecule has 34 heavy (non-hydrogen) atoms. The normalized spacial score (nSPS) is 10.4. The van der Waals surface area contributed by atoms with Crippen LogP contribution in [-0.4, -0.2) is 49.6 Å². The molecule has 0 unspecified atom stereocenters. The lowest BCUT2D eigenvalue weighted by molar-refractivity contribution is -0.117. The van der Waals surface area contributed by atoms with Crippen molar-refractivity contribution >= 4 is 17.6 Å². The van der Waals surface area contributed by atoms with Crippen molar-refractivity contribution in [3.8, 4) is 28.5 Å². The van der Waals surface area contributed by atoms with E-state index in [0.717, 1.165) is 4.68 Å². The highest BCUT2D eigenvalue weighted by atomic mass is 16.5. The van der Waals surface area contributed by atoms with E-state index in [1.807, 2.05) is 0 Å². The number of esters is 1. The van der Waals surface area contributed by atoms with Crippen LogP contribution in [0.5, 0.6) is 17.2 Å². The maximum atomic E-state index is 12.7. The summed E-state index contributed by atoms with van der Waals surface area (Å²) in [5, 5.41) is 6.96. The third-order valence-electron chi connectivity index (χ3n) is 4.82. The van der Waals surface area contributed by atoms with Crippen molar-refractivity contribution in [2.24, 2.45) is 0 Å². The lowest BCUT2D eigenvalue weighted by Gasteiger charge is -2.14. The zero-order valence-electron chi connectivity index (χ0n) is 19.3. The molecule has 178 valence electrons. The van der Waals surface area contributed by atoms with Gasteiger partial charge in [0.05, 0.1) is 44.9 Å². The molecular formula is C24H25N3O7. The second-order valence-corrected chi connectivity index (χ2v) is 6.94. The zero-order valence-corrected chi connectivity index (χ0v) is 19.3. The summed E-state index contributed by atoms with van der Waals surface area (Å²) in [6.07, 6.45) is 0. The van der Waals surface area contributed by atoms with E-state index in [0.29, 0.717) is 28.5 Å². The molecule has 2 aromatic carbocycles.